The lowest BCUT2D eigenvalue weighted by molar-refractivity contribution is -0.153. The number of amides is 1. The predicted octanol–water partition coefficient (Wildman–Crippen LogP) is 1.92. The van der Waals surface area contributed by atoms with E-state index in [2.05, 4.69) is 10.1 Å². The summed E-state index contributed by atoms with van der Waals surface area (Å²) in [5.74, 6) is -0.447. The summed E-state index contributed by atoms with van der Waals surface area (Å²) in [6.07, 6.45) is -4.46. The van der Waals surface area contributed by atoms with E-state index in [0.717, 1.165) is 0 Å². The summed E-state index contributed by atoms with van der Waals surface area (Å²) < 4.78 is 46.0. The first kappa shape index (κ1) is 16.1. The molecule has 1 aromatic carbocycles. The molecular weight excluding hydrogens is 277 g/mol. The van der Waals surface area contributed by atoms with Crippen LogP contribution in [0.4, 0.5) is 18.9 Å². The Bertz CT molecular complexity index is 476. The molecule has 0 spiro atoms. The van der Waals surface area contributed by atoms with Crippen LogP contribution in [0.5, 0.6) is 11.5 Å². The van der Waals surface area contributed by atoms with Gasteiger partial charge in [0.25, 0.3) is 0 Å². The first-order valence-electron chi connectivity index (χ1n) is 5.67. The number of carbonyl (C=O) groups is 1. The topological polar surface area (TPSA) is 73.6 Å². The van der Waals surface area contributed by atoms with Crippen LogP contribution in [-0.4, -0.2) is 31.8 Å². The molecule has 20 heavy (non-hydrogen) atoms. The fraction of sp³-hybridized carbons (Fsp3) is 0.417. The van der Waals surface area contributed by atoms with Crippen LogP contribution in [-0.2, 0) is 4.79 Å². The summed E-state index contributed by atoms with van der Waals surface area (Å²) in [6.45, 7) is 0.0357. The minimum absolute atomic E-state index is 0.118. The minimum Gasteiger partial charge on any atom is -0.493 e. The van der Waals surface area contributed by atoms with E-state index >= 15 is 0 Å². The Morgan fingerprint density at radius 3 is 2.55 bits per heavy atom. The van der Waals surface area contributed by atoms with E-state index in [1.54, 1.807) is 0 Å². The van der Waals surface area contributed by atoms with Crippen LogP contribution < -0.4 is 20.5 Å². The van der Waals surface area contributed by atoms with Crippen LogP contribution in [0.3, 0.4) is 0 Å². The van der Waals surface area contributed by atoms with Gasteiger partial charge in [0.2, 0.25) is 5.91 Å². The van der Waals surface area contributed by atoms with E-state index in [1.165, 1.54) is 32.2 Å². The van der Waals surface area contributed by atoms with Gasteiger partial charge in [-0.1, -0.05) is 0 Å². The van der Waals surface area contributed by atoms with Gasteiger partial charge < -0.3 is 20.5 Å². The number of benzene rings is 1. The van der Waals surface area contributed by atoms with Gasteiger partial charge in [0.05, 0.1) is 13.2 Å². The highest BCUT2D eigenvalue weighted by atomic mass is 19.4. The molecule has 0 saturated heterocycles. The van der Waals surface area contributed by atoms with Gasteiger partial charge in [-0.25, -0.2) is 0 Å². The highest BCUT2D eigenvalue weighted by Crippen LogP contribution is 2.31. The third-order valence-electron chi connectivity index (χ3n) is 2.24. The number of carbonyl (C=O) groups excluding carboxylic acids is 1. The van der Waals surface area contributed by atoms with Gasteiger partial charge >= 0.3 is 6.18 Å². The Kier molecular flexibility index (Phi) is 5.20. The van der Waals surface area contributed by atoms with E-state index in [0.29, 0.717) is 0 Å². The summed E-state index contributed by atoms with van der Waals surface area (Å²) in [7, 11) is 1.30. The predicted molar refractivity (Wildman–Crippen MR) is 66.8 cm³/mol. The van der Waals surface area contributed by atoms with Crippen LogP contribution in [0.15, 0.2) is 18.2 Å². The molecule has 1 rings (SSSR count). The largest absolute Gasteiger partial charge is 0.493 e. The zero-order valence-electron chi connectivity index (χ0n) is 11.0. The van der Waals surface area contributed by atoms with Crippen LogP contribution in [0.2, 0.25) is 0 Å². The third-order valence-corrected chi connectivity index (χ3v) is 2.24. The number of rotatable bonds is 5. The van der Waals surface area contributed by atoms with Crippen LogP contribution in [0, 0.1) is 0 Å². The van der Waals surface area contributed by atoms with Crippen molar-refractivity contribution in [3.05, 3.63) is 18.2 Å². The summed E-state index contributed by atoms with van der Waals surface area (Å²) in [4.78, 5) is 11.4. The summed E-state index contributed by atoms with van der Waals surface area (Å²) in [5, 5.41) is 2.45. The lowest BCUT2D eigenvalue weighted by Crippen LogP contribution is -2.32. The maximum Gasteiger partial charge on any atom is 0.422 e. The molecule has 0 radical (unpaired) electrons. The number of ether oxygens (including phenoxy) is 2. The van der Waals surface area contributed by atoms with Gasteiger partial charge in [0, 0.05) is 11.8 Å². The van der Waals surface area contributed by atoms with Crippen molar-refractivity contribution in [3.63, 3.8) is 0 Å². The lowest BCUT2D eigenvalue weighted by atomic mass is 10.2. The Hall–Kier alpha value is -1.96. The van der Waals surface area contributed by atoms with E-state index in [-0.39, 0.29) is 17.2 Å². The van der Waals surface area contributed by atoms with Crippen molar-refractivity contribution in [2.75, 3.05) is 19.0 Å². The molecule has 0 aliphatic heterocycles. The molecule has 112 valence electrons. The normalized spacial score (nSPS) is 12.7. The average Bonchev–Trinajstić information content (AvgIpc) is 2.35. The number of anilines is 1. The van der Waals surface area contributed by atoms with E-state index in [9.17, 15) is 18.0 Å². The van der Waals surface area contributed by atoms with Crippen molar-refractivity contribution in [2.45, 2.75) is 19.1 Å². The van der Waals surface area contributed by atoms with Gasteiger partial charge in [-0.3, -0.25) is 4.79 Å². The van der Waals surface area contributed by atoms with Gasteiger partial charge in [0.15, 0.2) is 18.1 Å². The molecule has 1 amide bonds. The second kappa shape index (κ2) is 6.47. The standard InChI is InChI=1S/C12H15F3N2O3/c1-7(16)11(18)17-8-3-4-9(19-2)10(5-8)20-6-12(13,14)15/h3-5,7H,6,16H2,1-2H3,(H,17,18)/t7-/m0/s1. The van der Waals surface area contributed by atoms with Crippen molar-refractivity contribution in [1.29, 1.82) is 0 Å². The molecule has 0 aliphatic carbocycles. The average molecular weight is 292 g/mol. The van der Waals surface area contributed by atoms with Gasteiger partial charge in [-0.05, 0) is 19.1 Å². The molecule has 0 bridgehead atoms. The number of methoxy groups -OCH3 is 1. The first-order chi connectivity index (χ1) is 9.23. The van der Waals surface area contributed by atoms with Crippen molar-refractivity contribution >= 4 is 11.6 Å². The summed E-state index contributed by atoms with van der Waals surface area (Å²) in [6, 6.07) is 3.36. The van der Waals surface area contributed by atoms with E-state index < -0.39 is 24.7 Å². The van der Waals surface area contributed by atoms with Crippen molar-refractivity contribution in [2.24, 2.45) is 5.73 Å². The molecule has 0 heterocycles. The van der Waals surface area contributed by atoms with Crippen molar-refractivity contribution in [3.8, 4) is 11.5 Å². The maximum atomic E-state index is 12.1. The zero-order chi connectivity index (χ0) is 15.3. The molecule has 0 aromatic heterocycles. The number of hydrogen-bond donors (Lipinski definition) is 2. The van der Waals surface area contributed by atoms with E-state index in [4.69, 9.17) is 10.5 Å². The fourth-order valence-electron chi connectivity index (χ4n) is 1.28. The highest BCUT2D eigenvalue weighted by Gasteiger charge is 2.29. The lowest BCUT2D eigenvalue weighted by Gasteiger charge is -2.14. The molecule has 0 saturated carbocycles. The number of alkyl halides is 3. The molecule has 5 nitrogen and oxygen atoms in total. The second-order valence-corrected chi connectivity index (χ2v) is 4.05. The maximum absolute atomic E-state index is 12.1. The molecule has 0 unspecified atom stereocenters. The Labute approximate surface area is 113 Å². The Morgan fingerprint density at radius 2 is 2.05 bits per heavy atom. The molecule has 0 aliphatic rings. The van der Waals surface area contributed by atoms with Crippen LogP contribution in [0.25, 0.3) is 0 Å². The molecule has 1 aromatic rings. The summed E-state index contributed by atoms with van der Waals surface area (Å²) >= 11 is 0. The highest BCUT2D eigenvalue weighted by molar-refractivity contribution is 5.94. The van der Waals surface area contributed by atoms with Gasteiger partial charge in [0.1, 0.15) is 0 Å². The minimum atomic E-state index is -4.46. The fourth-order valence-corrected chi connectivity index (χ4v) is 1.28. The first-order valence-corrected chi connectivity index (χ1v) is 5.67. The molecule has 0 fully saturated rings. The molecular formula is C12H15F3N2O3. The Balaban J connectivity index is 2.88. The zero-order valence-corrected chi connectivity index (χ0v) is 11.0. The quantitative estimate of drug-likeness (QED) is 0.869. The van der Waals surface area contributed by atoms with Crippen molar-refractivity contribution < 1.29 is 27.4 Å². The number of hydrogen-bond acceptors (Lipinski definition) is 4. The van der Waals surface area contributed by atoms with Gasteiger partial charge in [-0.15, -0.1) is 0 Å². The number of nitrogens with two attached hydrogens (primary N) is 1. The van der Waals surface area contributed by atoms with Crippen molar-refractivity contribution in [1.82, 2.24) is 0 Å². The molecule has 1 atom stereocenters. The van der Waals surface area contributed by atoms with Gasteiger partial charge in [-0.2, -0.15) is 13.2 Å². The molecule has 8 heteroatoms. The monoisotopic (exact) mass is 292 g/mol. The third kappa shape index (κ3) is 4.96. The summed E-state index contributed by atoms with van der Waals surface area (Å²) in [5.41, 5.74) is 5.65. The van der Waals surface area contributed by atoms with Crippen LogP contribution in [0.1, 0.15) is 6.92 Å². The van der Waals surface area contributed by atoms with Crippen LogP contribution >= 0.6 is 0 Å². The smallest absolute Gasteiger partial charge is 0.422 e. The SMILES string of the molecule is COc1ccc(NC(=O)[C@H](C)N)cc1OCC(F)(F)F. The molecule has 3 N–H and O–H groups in total. The number of halogens is 3. The Morgan fingerprint density at radius 1 is 1.40 bits per heavy atom. The van der Waals surface area contributed by atoms with E-state index in [1.807, 2.05) is 0 Å². The second-order valence-electron chi connectivity index (χ2n) is 4.05. The number of nitrogens with one attached hydrogen (secondary N) is 1.